The topological polar surface area (TPSA) is 0 Å². The standard InChI is InChI=1S/C25H18S/c1-17-21(18-10-4-2-5-11-18)16-22-20-14-8-9-15-23(20)26-25(22)24(17)19-12-6-3-7-13-19/h2-16H,1H3. The van der Waals surface area contributed by atoms with E-state index >= 15 is 0 Å². The summed E-state index contributed by atoms with van der Waals surface area (Å²) in [7, 11) is 0. The second-order valence-corrected chi connectivity index (χ2v) is 7.68. The van der Waals surface area contributed by atoms with Crippen molar-refractivity contribution >= 4 is 31.5 Å². The average molecular weight is 350 g/mol. The molecular formula is C25H18S. The fourth-order valence-corrected chi connectivity index (χ4v) is 5.13. The van der Waals surface area contributed by atoms with Gasteiger partial charge in [-0.15, -0.1) is 11.3 Å². The Morgan fingerprint density at radius 3 is 1.96 bits per heavy atom. The molecule has 5 rings (SSSR count). The van der Waals surface area contributed by atoms with Gasteiger partial charge in [0.05, 0.1) is 0 Å². The third kappa shape index (κ3) is 2.36. The van der Waals surface area contributed by atoms with Crippen LogP contribution < -0.4 is 0 Å². The van der Waals surface area contributed by atoms with E-state index in [-0.39, 0.29) is 0 Å². The monoisotopic (exact) mass is 350 g/mol. The van der Waals surface area contributed by atoms with E-state index in [9.17, 15) is 0 Å². The smallest absolute Gasteiger partial charge is 0.0436 e. The van der Waals surface area contributed by atoms with E-state index in [0.29, 0.717) is 0 Å². The van der Waals surface area contributed by atoms with Crippen molar-refractivity contribution in [2.75, 3.05) is 0 Å². The number of benzene rings is 4. The first-order valence-electron chi connectivity index (χ1n) is 8.88. The zero-order valence-electron chi connectivity index (χ0n) is 14.6. The van der Waals surface area contributed by atoms with Crippen LogP contribution in [0.1, 0.15) is 5.56 Å². The quantitative estimate of drug-likeness (QED) is 0.306. The average Bonchev–Trinajstić information content (AvgIpc) is 3.07. The van der Waals surface area contributed by atoms with E-state index in [2.05, 4.69) is 97.9 Å². The second-order valence-electron chi connectivity index (χ2n) is 6.63. The molecule has 0 fully saturated rings. The lowest BCUT2D eigenvalue weighted by atomic mass is 9.90. The minimum atomic E-state index is 1.28. The summed E-state index contributed by atoms with van der Waals surface area (Å²) in [6, 6.07) is 32.6. The van der Waals surface area contributed by atoms with Gasteiger partial charge in [-0.05, 0) is 41.3 Å². The Labute approximate surface area is 157 Å². The Bertz CT molecular complexity index is 1210. The highest BCUT2D eigenvalue weighted by Gasteiger charge is 2.16. The summed E-state index contributed by atoms with van der Waals surface area (Å²) in [5.41, 5.74) is 6.60. The molecule has 26 heavy (non-hydrogen) atoms. The van der Waals surface area contributed by atoms with Gasteiger partial charge in [-0.1, -0.05) is 78.9 Å². The molecule has 0 amide bonds. The van der Waals surface area contributed by atoms with Crippen molar-refractivity contribution in [3.8, 4) is 22.3 Å². The summed E-state index contributed by atoms with van der Waals surface area (Å²) < 4.78 is 2.74. The fourth-order valence-electron chi connectivity index (χ4n) is 3.82. The SMILES string of the molecule is Cc1c(-c2ccccc2)cc2c(sc3ccccc32)c1-c1ccccc1. The number of fused-ring (bicyclic) bond motifs is 3. The van der Waals surface area contributed by atoms with E-state index in [4.69, 9.17) is 0 Å². The predicted octanol–water partition coefficient (Wildman–Crippen LogP) is 7.70. The maximum Gasteiger partial charge on any atom is 0.0436 e. The molecule has 0 nitrogen and oxygen atoms in total. The Morgan fingerprint density at radius 1 is 0.615 bits per heavy atom. The molecule has 0 saturated heterocycles. The van der Waals surface area contributed by atoms with Gasteiger partial charge in [-0.25, -0.2) is 0 Å². The molecule has 0 N–H and O–H groups in total. The third-order valence-corrected chi connectivity index (χ3v) is 6.28. The summed E-state index contributed by atoms with van der Waals surface area (Å²) >= 11 is 1.90. The number of rotatable bonds is 2. The van der Waals surface area contributed by atoms with E-state index in [1.54, 1.807) is 0 Å². The molecule has 0 saturated carbocycles. The van der Waals surface area contributed by atoms with Gasteiger partial charge in [0.25, 0.3) is 0 Å². The van der Waals surface area contributed by atoms with E-state index in [0.717, 1.165) is 0 Å². The van der Waals surface area contributed by atoms with E-state index in [1.165, 1.54) is 48.0 Å². The van der Waals surface area contributed by atoms with Gasteiger partial charge in [-0.3, -0.25) is 0 Å². The van der Waals surface area contributed by atoms with Gasteiger partial charge in [0, 0.05) is 25.7 Å². The summed E-state index contributed by atoms with van der Waals surface area (Å²) in [4.78, 5) is 0. The molecule has 0 unspecified atom stereocenters. The van der Waals surface area contributed by atoms with Crippen LogP contribution in [0, 0.1) is 6.92 Å². The normalized spacial score (nSPS) is 11.3. The van der Waals surface area contributed by atoms with Gasteiger partial charge in [-0.2, -0.15) is 0 Å². The lowest BCUT2D eigenvalue weighted by Gasteiger charge is -2.14. The first-order valence-corrected chi connectivity index (χ1v) is 9.70. The highest BCUT2D eigenvalue weighted by Crippen LogP contribution is 2.45. The molecule has 0 bridgehead atoms. The third-order valence-electron chi connectivity index (χ3n) is 5.08. The van der Waals surface area contributed by atoms with Crippen LogP contribution >= 0.6 is 11.3 Å². The maximum absolute atomic E-state index is 2.38. The van der Waals surface area contributed by atoms with Crippen LogP contribution in [0.25, 0.3) is 42.4 Å². The van der Waals surface area contributed by atoms with Crippen LogP contribution in [0.2, 0.25) is 0 Å². The highest BCUT2D eigenvalue weighted by atomic mass is 32.1. The molecule has 0 aliphatic rings. The molecule has 0 aliphatic heterocycles. The van der Waals surface area contributed by atoms with Crippen molar-refractivity contribution in [1.82, 2.24) is 0 Å². The molecule has 0 spiro atoms. The van der Waals surface area contributed by atoms with Crippen molar-refractivity contribution in [3.05, 3.63) is 96.6 Å². The van der Waals surface area contributed by atoms with Crippen LogP contribution in [-0.2, 0) is 0 Å². The lowest BCUT2D eigenvalue weighted by molar-refractivity contribution is 1.48. The lowest BCUT2D eigenvalue weighted by Crippen LogP contribution is -1.89. The number of hydrogen-bond donors (Lipinski definition) is 0. The first kappa shape index (κ1) is 15.4. The summed E-state index contributed by atoms with van der Waals surface area (Å²) in [6.45, 7) is 2.26. The van der Waals surface area contributed by atoms with Crippen molar-refractivity contribution in [3.63, 3.8) is 0 Å². The van der Waals surface area contributed by atoms with Crippen LogP contribution in [-0.4, -0.2) is 0 Å². The Kier molecular flexibility index (Phi) is 3.62. The van der Waals surface area contributed by atoms with Crippen molar-refractivity contribution < 1.29 is 0 Å². The van der Waals surface area contributed by atoms with Gasteiger partial charge in [0.2, 0.25) is 0 Å². The molecule has 0 atom stereocenters. The molecular weight excluding hydrogens is 332 g/mol. The van der Waals surface area contributed by atoms with E-state index < -0.39 is 0 Å². The molecule has 1 heterocycles. The van der Waals surface area contributed by atoms with E-state index in [1.807, 2.05) is 11.3 Å². The van der Waals surface area contributed by atoms with Crippen molar-refractivity contribution in [2.24, 2.45) is 0 Å². The number of hydrogen-bond acceptors (Lipinski definition) is 1. The Morgan fingerprint density at radius 2 is 1.23 bits per heavy atom. The second kappa shape index (κ2) is 6.12. The van der Waals surface area contributed by atoms with Crippen molar-refractivity contribution in [1.29, 1.82) is 0 Å². The molecule has 5 aromatic rings. The van der Waals surface area contributed by atoms with Gasteiger partial charge >= 0.3 is 0 Å². The minimum absolute atomic E-state index is 1.28. The van der Waals surface area contributed by atoms with Gasteiger partial charge in [0.15, 0.2) is 0 Å². The largest absolute Gasteiger partial charge is 0.135 e. The van der Waals surface area contributed by atoms with Gasteiger partial charge < -0.3 is 0 Å². The Balaban J connectivity index is 1.96. The molecule has 0 aliphatic carbocycles. The van der Waals surface area contributed by atoms with Crippen LogP contribution in [0.4, 0.5) is 0 Å². The highest BCUT2D eigenvalue weighted by molar-refractivity contribution is 7.26. The molecule has 1 aromatic heterocycles. The molecule has 1 heteroatoms. The summed E-state index contributed by atoms with van der Waals surface area (Å²) in [6.07, 6.45) is 0. The summed E-state index contributed by atoms with van der Waals surface area (Å²) in [5.74, 6) is 0. The first-order chi connectivity index (χ1) is 12.8. The molecule has 0 radical (unpaired) electrons. The number of thiophene rings is 1. The zero-order valence-corrected chi connectivity index (χ0v) is 15.4. The molecule has 124 valence electrons. The van der Waals surface area contributed by atoms with Crippen LogP contribution in [0.5, 0.6) is 0 Å². The zero-order chi connectivity index (χ0) is 17.5. The van der Waals surface area contributed by atoms with Gasteiger partial charge in [0.1, 0.15) is 0 Å². The fraction of sp³-hybridized carbons (Fsp3) is 0.0400. The van der Waals surface area contributed by atoms with Crippen LogP contribution in [0.3, 0.4) is 0 Å². The molecule has 4 aromatic carbocycles. The van der Waals surface area contributed by atoms with Crippen LogP contribution in [0.15, 0.2) is 91.0 Å². The van der Waals surface area contributed by atoms with Crippen molar-refractivity contribution in [2.45, 2.75) is 6.92 Å². The summed E-state index contributed by atoms with van der Waals surface area (Å²) in [5, 5.41) is 2.70. The maximum atomic E-state index is 2.38. The Hall–Kier alpha value is -2.90. The predicted molar refractivity (Wildman–Crippen MR) is 115 cm³/mol. The minimum Gasteiger partial charge on any atom is -0.135 e.